The Balaban J connectivity index is 2.22. The van der Waals surface area contributed by atoms with Crippen LogP contribution < -0.4 is 0 Å². The molecular formula is C9H10O3. The Morgan fingerprint density at radius 1 is 1.67 bits per heavy atom. The molecule has 64 valence electrons. The number of hydrogen-bond donors (Lipinski definition) is 1. The normalized spacial score (nSPS) is 26.8. The molecule has 1 saturated heterocycles. The summed E-state index contributed by atoms with van der Waals surface area (Å²) in [5.41, 5.74) is 0.364. The summed E-state index contributed by atoms with van der Waals surface area (Å²) < 4.78 is 5.29. The number of allylic oxidation sites excluding steroid dienone is 2. The van der Waals surface area contributed by atoms with Gasteiger partial charge in [-0.25, -0.2) is 4.79 Å². The minimum Gasteiger partial charge on any atom is -0.498 e. The first kappa shape index (κ1) is 7.40. The minimum atomic E-state index is -0.864. The van der Waals surface area contributed by atoms with E-state index in [-0.39, 0.29) is 0 Å². The zero-order valence-corrected chi connectivity index (χ0v) is 6.62. The van der Waals surface area contributed by atoms with Gasteiger partial charge in [-0.2, -0.15) is 0 Å². The van der Waals surface area contributed by atoms with E-state index in [9.17, 15) is 4.79 Å². The van der Waals surface area contributed by atoms with Gasteiger partial charge in [0.05, 0.1) is 12.2 Å². The predicted octanol–water partition coefficient (Wildman–Crippen LogP) is 1.32. The summed E-state index contributed by atoms with van der Waals surface area (Å²) in [6, 6.07) is 0. The van der Waals surface area contributed by atoms with E-state index in [0.717, 1.165) is 25.2 Å². The number of ether oxygens (including phenoxy) is 1. The second-order valence-electron chi connectivity index (χ2n) is 3.08. The second-order valence-corrected chi connectivity index (χ2v) is 3.08. The fraction of sp³-hybridized carbons (Fsp3) is 0.444. The molecule has 0 aromatic heterocycles. The van der Waals surface area contributed by atoms with Crippen molar-refractivity contribution in [2.24, 2.45) is 5.92 Å². The van der Waals surface area contributed by atoms with E-state index in [1.807, 2.05) is 0 Å². The molecule has 12 heavy (non-hydrogen) atoms. The fourth-order valence-corrected chi connectivity index (χ4v) is 1.60. The quantitative estimate of drug-likeness (QED) is 0.639. The highest BCUT2D eigenvalue weighted by Gasteiger charge is 2.26. The Kier molecular flexibility index (Phi) is 1.64. The van der Waals surface area contributed by atoms with E-state index in [4.69, 9.17) is 9.84 Å². The average Bonchev–Trinajstić information content (AvgIpc) is 2.49. The van der Waals surface area contributed by atoms with Crippen molar-refractivity contribution < 1.29 is 14.6 Å². The van der Waals surface area contributed by atoms with E-state index >= 15 is 0 Å². The molecule has 1 unspecified atom stereocenters. The van der Waals surface area contributed by atoms with Gasteiger partial charge < -0.3 is 9.84 Å². The van der Waals surface area contributed by atoms with Gasteiger partial charge in [0.1, 0.15) is 5.76 Å². The SMILES string of the molecule is O=C(O)C1=CCC2CCOC2=C1. The van der Waals surface area contributed by atoms with Gasteiger partial charge in [0.15, 0.2) is 0 Å². The molecule has 0 radical (unpaired) electrons. The summed E-state index contributed by atoms with van der Waals surface area (Å²) in [6.07, 6.45) is 5.25. The van der Waals surface area contributed by atoms with Crippen LogP contribution in [0.4, 0.5) is 0 Å². The standard InChI is InChI=1S/C9H10O3/c10-9(11)7-2-1-6-3-4-12-8(6)5-7/h2,5-6H,1,3-4H2,(H,10,11). The number of hydrogen-bond acceptors (Lipinski definition) is 2. The molecule has 0 saturated carbocycles. The van der Waals surface area contributed by atoms with Gasteiger partial charge in [0.25, 0.3) is 0 Å². The highest BCUT2D eigenvalue weighted by Crippen LogP contribution is 2.32. The lowest BCUT2D eigenvalue weighted by Crippen LogP contribution is -2.07. The maximum Gasteiger partial charge on any atom is 0.335 e. The van der Waals surface area contributed by atoms with Crippen molar-refractivity contribution in [2.75, 3.05) is 6.61 Å². The molecule has 1 aliphatic carbocycles. The number of carboxylic acids is 1. The smallest absolute Gasteiger partial charge is 0.335 e. The largest absolute Gasteiger partial charge is 0.498 e. The molecule has 0 amide bonds. The Labute approximate surface area is 70.3 Å². The monoisotopic (exact) mass is 166 g/mol. The lowest BCUT2D eigenvalue weighted by atomic mass is 9.94. The summed E-state index contributed by atoms with van der Waals surface area (Å²) >= 11 is 0. The van der Waals surface area contributed by atoms with Crippen LogP contribution in [0.15, 0.2) is 23.5 Å². The topological polar surface area (TPSA) is 46.5 Å². The molecule has 3 nitrogen and oxygen atoms in total. The third-order valence-corrected chi connectivity index (χ3v) is 2.30. The number of fused-ring (bicyclic) bond motifs is 1. The van der Waals surface area contributed by atoms with Crippen molar-refractivity contribution in [1.29, 1.82) is 0 Å². The molecule has 0 spiro atoms. The van der Waals surface area contributed by atoms with Crippen molar-refractivity contribution in [3.63, 3.8) is 0 Å². The van der Waals surface area contributed by atoms with Crippen molar-refractivity contribution in [3.05, 3.63) is 23.5 Å². The number of aliphatic carboxylic acids is 1. The zero-order chi connectivity index (χ0) is 8.55. The van der Waals surface area contributed by atoms with Crippen LogP contribution in [-0.4, -0.2) is 17.7 Å². The van der Waals surface area contributed by atoms with E-state index in [0.29, 0.717) is 11.5 Å². The van der Waals surface area contributed by atoms with Crippen LogP contribution in [0.5, 0.6) is 0 Å². The van der Waals surface area contributed by atoms with Crippen LogP contribution in [0.2, 0.25) is 0 Å². The summed E-state index contributed by atoms with van der Waals surface area (Å²) in [7, 11) is 0. The first-order chi connectivity index (χ1) is 5.77. The van der Waals surface area contributed by atoms with Crippen molar-refractivity contribution >= 4 is 5.97 Å². The zero-order valence-electron chi connectivity index (χ0n) is 6.62. The highest BCUT2D eigenvalue weighted by atomic mass is 16.5. The first-order valence-electron chi connectivity index (χ1n) is 4.05. The van der Waals surface area contributed by atoms with Gasteiger partial charge in [0.2, 0.25) is 0 Å². The highest BCUT2D eigenvalue weighted by molar-refractivity contribution is 5.90. The number of carboxylic acid groups (broad SMARTS) is 1. The molecule has 1 fully saturated rings. The Bertz CT molecular complexity index is 275. The molecule has 0 aromatic rings. The summed E-state index contributed by atoms with van der Waals surface area (Å²) in [6.45, 7) is 0.733. The van der Waals surface area contributed by atoms with Crippen molar-refractivity contribution in [1.82, 2.24) is 0 Å². The molecule has 1 N–H and O–H groups in total. The van der Waals surface area contributed by atoms with Gasteiger partial charge >= 0.3 is 5.97 Å². The van der Waals surface area contributed by atoms with Gasteiger partial charge in [-0.3, -0.25) is 0 Å². The summed E-state index contributed by atoms with van der Waals surface area (Å²) in [5.74, 6) is 0.430. The number of rotatable bonds is 1. The van der Waals surface area contributed by atoms with Crippen LogP contribution in [0.25, 0.3) is 0 Å². The Morgan fingerprint density at radius 3 is 3.25 bits per heavy atom. The predicted molar refractivity (Wildman–Crippen MR) is 42.5 cm³/mol. The Morgan fingerprint density at radius 2 is 2.50 bits per heavy atom. The minimum absolute atomic E-state index is 0.364. The Hall–Kier alpha value is -1.25. The third-order valence-electron chi connectivity index (χ3n) is 2.30. The van der Waals surface area contributed by atoms with Gasteiger partial charge in [-0.05, 0) is 18.9 Å². The van der Waals surface area contributed by atoms with Crippen molar-refractivity contribution in [3.8, 4) is 0 Å². The molecule has 0 bridgehead atoms. The fourth-order valence-electron chi connectivity index (χ4n) is 1.60. The molecule has 0 aromatic carbocycles. The maximum absolute atomic E-state index is 10.6. The first-order valence-corrected chi connectivity index (χ1v) is 4.05. The van der Waals surface area contributed by atoms with E-state index < -0.39 is 5.97 Å². The number of carbonyl (C=O) groups is 1. The van der Waals surface area contributed by atoms with Crippen LogP contribution in [0.1, 0.15) is 12.8 Å². The molecule has 1 atom stereocenters. The molecular weight excluding hydrogens is 156 g/mol. The van der Waals surface area contributed by atoms with Crippen LogP contribution >= 0.6 is 0 Å². The molecule has 1 heterocycles. The third kappa shape index (κ3) is 1.11. The van der Waals surface area contributed by atoms with Crippen LogP contribution in [0, 0.1) is 5.92 Å². The van der Waals surface area contributed by atoms with E-state index in [1.165, 1.54) is 0 Å². The van der Waals surface area contributed by atoms with Crippen LogP contribution in [-0.2, 0) is 9.53 Å². The second kappa shape index (κ2) is 2.66. The summed E-state index contributed by atoms with van der Waals surface area (Å²) in [5, 5.41) is 8.69. The van der Waals surface area contributed by atoms with E-state index in [2.05, 4.69) is 0 Å². The molecule has 2 aliphatic rings. The molecule has 2 rings (SSSR count). The van der Waals surface area contributed by atoms with Crippen LogP contribution in [0.3, 0.4) is 0 Å². The average molecular weight is 166 g/mol. The summed E-state index contributed by atoms with van der Waals surface area (Å²) in [4.78, 5) is 10.6. The lowest BCUT2D eigenvalue weighted by Gasteiger charge is -2.12. The molecule has 1 aliphatic heterocycles. The van der Waals surface area contributed by atoms with Gasteiger partial charge in [0, 0.05) is 5.92 Å². The maximum atomic E-state index is 10.6. The van der Waals surface area contributed by atoms with E-state index in [1.54, 1.807) is 12.2 Å². The molecule has 3 heteroatoms. The van der Waals surface area contributed by atoms with Gasteiger partial charge in [-0.1, -0.05) is 6.08 Å². The van der Waals surface area contributed by atoms with Crippen molar-refractivity contribution in [2.45, 2.75) is 12.8 Å². The lowest BCUT2D eigenvalue weighted by molar-refractivity contribution is -0.132. The van der Waals surface area contributed by atoms with Gasteiger partial charge in [-0.15, -0.1) is 0 Å².